The molecular formula is C15H15N5O2. The maximum absolute atomic E-state index is 12.1. The third kappa shape index (κ3) is 3.66. The summed E-state index contributed by atoms with van der Waals surface area (Å²) in [5.41, 5.74) is 9.18. The van der Waals surface area contributed by atoms with E-state index in [4.69, 9.17) is 5.73 Å². The predicted octanol–water partition coefficient (Wildman–Crippen LogP) is 1.07. The standard InChI is InChI=1S/C15H15N5O2/c1-17-20-15(22)13(10-5-7-18-8-6-10)19-12-4-2-3-11(9-12)14(16)21/h2-9,13,19H,1H2,(H2,16,21)(H,20,22). The highest BCUT2D eigenvalue weighted by atomic mass is 16.2. The van der Waals surface area contributed by atoms with Gasteiger partial charge in [0, 0.05) is 30.4 Å². The number of pyridine rings is 1. The molecule has 1 heterocycles. The average Bonchev–Trinajstić information content (AvgIpc) is 2.54. The summed E-state index contributed by atoms with van der Waals surface area (Å²) in [4.78, 5) is 27.3. The summed E-state index contributed by atoms with van der Waals surface area (Å²) in [5, 5.41) is 6.43. The molecule has 112 valence electrons. The van der Waals surface area contributed by atoms with Crippen LogP contribution in [0.25, 0.3) is 0 Å². The number of primary amides is 1. The van der Waals surface area contributed by atoms with Crippen molar-refractivity contribution in [2.75, 3.05) is 5.32 Å². The fourth-order valence-corrected chi connectivity index (χ4v) is 1.93. The van der Waals surface area contributed by atoms with Gasteiger partial charge in [-0.1, -0.05) is 6.07 Å². The Labute approximate surface area is 127 Å². The number of rotatable bonds is 6. The lowest BCUT2D eigenvalue weighted by Crippen LogP contribution is -2.30. The van der Waals surface area contributed by atoms with Crippen molar-refractivity contribution in [1.29, 1.82) is 0 Å². The Kier molecular flexibility index (Phi) is 4.81. The van der Waals surface area contributed by atoms with Gasteiger partial charge in [-0.2, -0.15) is 5.10 Å². The molecule has 1 aromatic heterocycles. The Morgan fingerprint density at radius 3 is 2.59 bits per heavy atom. The number of amides is 2. The van der Waals surface area contributed by atoms with E-state index in [0.717, 1.165) is 0 Å². The predicted molar refractivity (Wildman–Crippen MR) is 83.3 cm³/mol. The number of hydrazone groups is 1. The van der Waals surface area contributed by atoms with E-state index in [1.54, 1.807) is 48.8 Å². The molecular weight excluding hydrogens is 282 g/mol. The van der Waals surface area contributed by atoms with Crippen LogP contribution in [-0.4, -0.2) is 23.5 Å². The molecule has 2 aromatic rings. The Balaban J connectivity index is 2.30. The van der Waals surface area contributed by atoms with E-state index in [0.29, 0.717) is 16.8 Å². The summed E-state index contributed by atoms with van der Waals surface area (Å²) in [7, 11) is 0. The van der Waals surface area contributed by atoms with Crippen molar-refractivity contribution in [2.45, 2.75) is 6.04 Å². The normalized spacial score (nSPS) is 11.3. The molecule has 0 aliphatic carbocycles. The molecule has 0 bridgehead atoms. The number of aromatic nitrogens is 1. The monoisotopic (exact) mass is 297 g/mol. The van der Waals surface area contributed by atoms with Crippen LogP contribution in [0.5, 0.6) is 0 Å². The van der Waals surface area contributed by atoms with Crippen molar-refractivity contribution < 1.29 is 9.59 Å². The molecule has 22 heavy (non-hydrogen) atoms. The van der Waals surface area contributed by atoms with E-state index in [1.807, 2.05) is 0 Å². The zero-order valence-electron chi connectivity index (χ0n) is 11.7. The first-order valence-corrected chi connectivity index (χ1v) is 6.43. The van der Waals surface area contributed by atoms with Crippen LogP contribution in [0.15, 0.2) is 53.9 Å². The number of carbonyl (C=O) groups is 2. The van der Waals surface area contributed by atoms with Gasteiger partial charge in [-0.25, -0.2) is 5.43 Å². The van der Waals surface area contributed by atoms with Crippen LogP contribution < -0.4 is 16.5 Å². The molecule has 0 fully saturated rings. The van der Waals surface area contributed by atoms with Crippen molar-refractivity contribution in [2.24, 2.45) is 10.8 Å². The van der Waals surface area contributed by atoms with Gasteiger partial charge < -0.3 is 11.1 Å². The van der Waals surface area contributed by atoms with Crippen molar-refractivity contribution in [1.82, 2.24) is 10.4 Å². The van der Waals surface area contributed by atoms with Crippen LogP contribution >= 0.6 is 0 Å². The smallest absolute Gasteiger partial charge is 0.267 e. The van der Waals surface area contributed by atoms with E-state index in [2.05, 4.69) is 27.5 Å². The second-order valence-electron chi connectivity index (χ2n) is 4.44. The number of anilines is 1. The number of benzene rings is 1. The Bertz CT molecular complexity index is 687. The molecule has 7 nitrogen and oxygen atoms in total. The van der Waals surface area contributed by atoms with E-state index < -0.39 is 11.9 Å². The first kappa shape index (κ1) is 15.2. The molecule has 4 N–H and O–H groups in total. The molecule has 7 heteroatoms. The topological polar surface area (TPSA) is 109 Å². The summed E-state index contributed by atoms with van der Waals surface area (Å²) in [6.07, 6.45) is 3.16. The fourth-order valence-electron chi connectivity index (χ4n) is 1.93. The van der Waals surface area contributed by atoms with E-state index >= 15 is 0 Å². The number of nitrogens with two attached hydrogens (primary N) is 1. The zero-order valence-corrected chi connectivity index (χ0v) is 11.7. The van der Waals surface area contributed by atoms with Gasteiger partial charge in [0.1, 0.15) is 6.04 Å². The molecule has 2 rings (SSSR count). The summed E-state index contributed by atoms with van der Waals surface area (Å²) < 4.78 is 0. The maximum atomic E-state index is 12.1. The lowest BCUT2D eigenvalue weighted by Gasteiger charge is -2.18. The molecule has 0 aliphatic heterocycles. The highest BCUT2D eigenvalue weighted by Crippen LogP contribution is 2.20. The average molecular weight is 297 g/mol. The number of nitrogens with one attached hydrogen (secondary N) is 2. The summed E-state index contributed by atoms with van der Waals surface area (Å²) in [5.74, 6) is -0.924. The van der Waals surface area contributed by atoms with Crippen molar-refractivity contribution in [3.8, 4) is 0 Å². The SMILES string of the molecule is C=NNC(=O)C(Nc1cccc(C(N)=O)c1)c1ccncc1. The summed E-state index contributed by atoms with van der Waals surface area (Å²) in [6.45, 7) is 3.24. The summed E-state index contributed by atoms with van der Waals surface area (Å²) >= 11 is 0. The quantitative estimate of drug-likeness (QED) is 0.547. The maximum Gasteiger partial charge on any atom is 0.267 e. The molecule has 0 spiro atoms. The highest BCUT2D eigenvalue weighted by molar-refractivity contribution is 5.94. The number of carbonyl (C=O) groups excluding carboxylic acids is 2. The Morgan fingerprint density at radius 1 is 1.23 bits per heavy atom. The molecule has 1 unspecified atom stereocenters. The minimum Gasteiger partial charge on any atom is -0.370 e. The molecule has 1 aromatic carbocycles. The van der Waals surface area contributed by atoms with Crippen LogP contribution in [0.3, 0.4) is 0 Å². The minimum atomic E-state index is -0.711. The number of nitrogens with zero attached hydrogens (tertiary/aromatic N) is 2. The van der Waals surface area contributed by atoms with Crippen molar-refractivity contribution in [3.05, 3.63) is 59.9 Å². The van der Waals surface area contributed by atoms with Gasteiger partial charge in [0.05, 0.1) is 0 Å². The third-order valence-corrected chi connectivity index (χ3v) is 2.95. The zero-order chi connectivity index (χ0) is 15.9. The van der Waals surface area contributed by atoms with Gasteiger partial charge in [-0.05, 0) is 35.9 Å². The second kappa shape index (κ2) is 6.98. The van der Waals surface area contributed by atoms with Crippen LogP contribution in [-0.2, 0) is 4.79 Å². The first-order chi connectivity index (χ1) is 10.6. The van der Waals surface area contributed by atoms with Crippen molar-refractivity contribution >= 4 is 24.2 Å². The number of hydrogen-bond donors (Lipinski definition) is 3. The molecule has 2 amide bonds. The molecule has 0 aliphatic rings. The van der Waals surface area contributed by atoms with E-state index in [-0.39, 0.29) is 5.91 Å². The van der Waals surface area contributed by atoms with Gasteiger partial charge >= 0.3 is 0 Å². The third-order valence-electron chi connectivity index (χ3n) is 2.95. The van der Waals surface area contributed by atoms with Gasteiger partial charge in [0.2, 0.25) is 5.91 Å². The van der Waals surface area contributed by atoms with Gasteiger partial charge in [0.25, 0.3) is 5.91 Å². The van der Waals surface area contributed by atoms with E-state index in [9.17, 15) is 9.59 Å². The molecule has 0 radical (unpaired) electrons. The minimum absolute atomic E-state index is 0.348. The van der Waals surface area contributed by atoms with Crippen molar-refractivity contribution in [3.63, 3.8) is 0 Å². The fraction of sp³-hybridized carbons (Fsp3) is 0.0667. The largest absolute Gasteiger partial charge is 0.370 e. The van der Waals surface area contributed by atoms with Gasteiger partial charge in [0.15, 0.2) is 0 Å². The highest BCUT2D eigenvalue weighted by Gasteiger charge is 2.20. The molecule has 1 atom stereocenters. The molecule has 0 saturated heterocycles. The second-order valence-corrected chi connectivity index (χ2v) is 4.44. The Hall–Kier alpha value is -3.22. The lowest BCUT2D eigenvalue weighted by molar-refractivity contribution is -0.121. The van der Waals surface area contributed by atoms with Crippen LogP contribution in [0.1, 0.15) is 22.0 Å². The number of hydrogen-bond acceptors (Lipinski definition) is 5. The lowest BCUT2D eigenvalue weighted by atomic mass is 10.1. The van der Waals surface area contributed by atoms with Crippen LogP contribution in [0.4, 0.5) is 5.69 Å². The van der Waals surface area contributed by atoms with E-state index in [1.165, 1.54) is 0 Å². The Morgan fingerprint density at radius 2 is 1.95 bits per heavy atom. The van der Waals surface area contributed by atoms with Gasteiger partial charge in [-0.15, -0.1) is 0 Å². The first-order valence-electron chi connectivity index (χ1n) is 6.43. The summed E-state index contributed by atoms with van der Waals surface area (Å²) in [6, 6.07) is 9.28. The van der Waals surface area contributed by atoms with Gasteiger partial charge in [-0.3, -0.25) is 14.6 Å². The molecule has 0 saturated carbocycles. The van der Waals surface area contributed by atoms with Crippen LogP contribution in [0.2, 0.25) is 0 Å². The van der Waals surface area contributed by atoms with Crippen LogP contribution in [0, 0.1) is 0 Å².